The number of carbonyl (C=O) groups excluding carboxylic acids is 1. The van der Waals surface area contributed by atoms with E-state index in [4.69, 9.17) is 0 Å². The van der Waals surface area contributed by atoms with Gasteiger partial charge in [0.1, 0.15) is 0 Å². The van der Waals surface area contributed by atoms with Gasteiger partial charge in [-0.1, -0.05) is 58.4 Å². The molecule has 0 spiro atoms. The minimum absolute atomic E-state index is 0.0338. The maximum absolute atomic E-state index is 12.3. The third-order valence-electron chi connectivity index (χ3n) is 4.51. The van der Waals surface area contributed by atoms with E-state index in [0.717, 1.165) is 22.9 Å². The second-order valence-corrected chi connectivity index (χ2v) is 6.93. The van der Waals surface area contributed by atoms with Crippen LogP contribution in [0, 0.1) is 0 Å². The molecule has 0 saturated heterocycles. The number of amides is 1. The highest BCUT2D eigenvalue weighted by Crippen LogP contribution is 2.51. The van der Waals surface area contributed by atoms with Crippen LogP contribution in [0.3, 0.4) is 0 Å². The molecule has 0 radical (unpaired) electrons. The van der Waals surface area contributed by atoms with Crippen LogP contribution < -0.4 is 0 Å². The molecule has 5 heteroatoms. The van der Waals surface area contributed by atoms with Crippen molar-refractivity contribution in [2.75, 3.05) is 6.54 Å². The Morgan fingerprint density at radius 2 is 1.67 bits per heavy atom. The number of carboxylic acid groups (broad SMARTS) is 1. The van der Waals surface area contributed by atoms with Gasteiger partial charge in [-0.15, -0.1) is 0 Å². The predicted molar refractivity (Wildman–Crippen MR) is 95.2 cm³/mol. The van der Waals surface area contributed by atoms with Gasteiger partial charge in [0.15, 0.2) is 5.78 Å². The fraction of sp³-hybridized carbons (Fsp3) is 0.263. The topological polar surface area (TPSA) is 57.6 Å². The van der Waals surface area contributed by atoms with Crippen LogP contribution in [0.25, 0.3) is 0 Å². The molecule has 124 valence electrons. The van der Waals surface area contributed by atoms with Crippen molar-refractivity contribution in [1.82, 2.24) is 4.90 Å². The molecule has 0 aromatic heterocycles. The van der Waals surface area contributed by atoms with Crippen molar-refractivity contribution in [3.8, 4) is 0 Å². The fourth-order valence-corrected chi connectivity index (χ4v) is 3.33. The maximum Gasteiger partial charge on any atom is 0.408 e. The second kappa shape index (κ2) is 6.77. The van der Waals surface area contributed by atoms with Crippen LogP contribution in [0.5, 0.6) is 0 Å². The summed E-state index contributed by atoms with van der Waals surface area (Å²) in [5, 5.41) is 9.65. The Morgan fingerprint density at radius 1 is 1.04 bits per heavy atom. The second-order valence-electron chi connectivity index (χ2n) is 6.01. The lowest BCUT2D eigenvalue weighted by atomic mass is 10.0. The molecule has 2 aromatic rings. The average molecular weight is 388 g/mol. The van der Waals surface area contributed by atoms with E-state index in [1.54, 1.807) is 12.1 Å². The van der Waals surface area contributed by atoms with Gasteiger partial charge in [-0.2, -0.15) is 0 Å². The van der Waals surface area contributed by atoms with Gasteiger partial charge in [0, 0.05) is 23.0 Å². The molecule has 2 aromatic carbocycles. The van der Waals surface area contributed by atoms with Crippen LogP contribution in [-0.4, -0.2) is 28.4 Å². The fourth-order valence-electron chi connectivity index (χ4n) is 3.07. The summed E-state index contributed by atoms with van der Waals surface area (Å²) in [6.45, 7) is 0.207. The smallest absolute Gasteiger partial charge is 0.408 e. The Hall–Kier alpha value is -2.14. The highest BCUT2D eigenvalue weighted by atomic mass is 79.9. The third kappa shape index (κ3) is 3.36. The first-order valence-corrected chi connectivity index (χ1v) is 8.67. The van der Waals surface area contributed by atoms with Crippen LogP contribution in [0.2, 0.25) is 0 Å². The molecule has 24 heavy (non-hydrogen) atoms. The van der Waals surface area contributed by atoms with Crippen molar-refractivity contribution in [1.29, 1.82) is 0 Å². The first kappa shape index (κ1) is 16.7. The summed E-state index contributed by atoms with van der Waals surface area (Å²) in [6.07, 6.45) is 0.798. The van der Waals surface area contributed by atoms with Crippen molar-refractivity contribution in [3.63, 3.8) is 0 Å². The van der Waals surface area contributed by atoms with Crippen LogP contribution in [0.1, 0.15) is 35.2 Å². The summed E-state index contributed by atoms with van der Waals surface area (Å²) in [6, 6.07) is 16.7. The molecule has 1 saturated carbocycles. The monoisotopic (exact) mass is 387 g/mol. The van der Waals surface area contributed by atoms with Gasteiger partial charge in [-0.25, -0.2) is 4.79 Å². The van der Waals surface area contributed by atoms with Crippen LogP contribution in [0.4, 0.5) is 4.79 Å². The molecule has 0 aliphatic heterocycles. The molecular formula is C19H18BrNO3. The molecule has 3 rings (SSSR count). The van der Waals surface area contributed by atoms with E-state index < -0.39 is 11.6 Å². The predicted octanol–water partition coefficient (Wildman–Crippen LogP) is 4.69. The zero-order chi connectivity index (χ0) is 17.2. The zero-order valence-corrected chi connectivity index (χ0v) is 14.7. The molecule has 1 fully saturated rings. The van der Waals surface area contributed by atoms with E-state index in [9.17, 15) is 14.7 Å². The molecule has 0 unspecified atom stereocenters. The first-order valence-electron chi connectivity index (χ1n) is 7.88. The molecule has 1 amide bonds. The lowest BCUT2D eigenvalue weighted by molar-refractivity contribution is 0.0921. The standard InChI is InChI=1S/C19H18BrNO3/c20-16-8-6-15(7-9-16)19(11-12-19)21(18(23)24)13-10-17(22)14-4-2-1-3-5-14/h1-9H,10-13H2,(H,23,24). The van der Waals surface area contributed by atoms with E-state index in [2.05, 4.69) is 15.9 Å². The quantitative estimate of drug-likeness (QED) is 0.731. The lowest BCUT2D eigenvalue weighted by Crippen LogP contribution is -2.41. The van der Waals surface area contributed by atoms with Crippen molar-refractivity contribution in [3.05, 3.63) is 70.2 Å². The summed E-state index contributed by atoms with van der Waals surface area (Å²) in [5.41, 5.74) is 1.13. The van der Waals surface area contributed by atoms with E-state index >= 15 is 0 Å². The van der Waals surface area contributed by atoms with Crippen molar-refractivity contribution in [2.45, 2.75) is 24.8 Å². The largest absolute Gasteiger partial charge is 0.465 e. The van der Waals surface area contributed by atoms with Gasteiger partial charge >= 0.3 is 6.09 Å². The lowest BCUT2D eigenvalue weighted by Gasteiger charge is -2.30. The summed E-state index contributed by atoms with van der Waals surface area (Å²) in [5.74, 6) is -0.0338. The molecule has 0 heterocycles. The average Bonchev–Trinajstić information content (AvgIpc) is 3.37. The van der Waals surface area contributed by atoms with Gasteiger partial charge in [0.2, 0.25) is 0 Å². The number of rotatable bonds is 6. The van der Waals surface area contributed by atoms with Crippen molar-refractivity contribution < 1.29 is 14.7 Å². The molecule has 1 aliphatic carbocycles. The SMILES string of the molecule is O=C(CCN(C(=O)O)C1(c2ccc(Br)cc2)CC1)c1ccccc1. The summed E-state index contributed by atoms with van der Waals surface area (Å²) >= 11 is 3.40. The highest BCUT2D eigenvalue weighted by Gasteiger charge is 2.51. The van der Waals surface area contributed by atoms with Gasteiger partial charge in [-0.3, -0.25) is 9.69 Å². The Balaban J connectivity index is 1.75. The molecule has 4 nitrogen and oxygen atoms in total. The number of halogens is 1. The number of ketones is 1. The number of hydrogen-bond donors (Lipinski definition) is 1. The van der Waals surface area contributed by atoms with E-state index in [1.165, 1.54) is 4.90 Å². The summed E-state index contributed by atoms with van der Waals surface area (Å²) in [7, 11) is 0. The normalized spacial score (nSPS) is 14.9. The van der Waals surface area contributed by atoms with Crippen molar-refractivity contribution >= 4 is 27.8 Å². The number of benzene rings is 2. The van der Waals surface area contributed by atoms with Crippen LogP contribution >= 0.6 is 15.9 Å². The van der Waals surface area contributed by atoms with E-state index in [-0.39, 0.29) is 18.7 Å². The first-order chi connectivity index (χ1) is 11.5. The maximum atomic E-state index is 12.3. The number of nitrogens with zero attached hydrogens (tertiary/aromatic N) is 1. The summed E-state index contributed by atoms with van der Waals surface area (Å²) in [4.78, 5) is 25.5. The number of hydrogen-bond acceptors (Lipinski definition) is 2. The Morgan fingerprint density at radius 3 is 2.21 bits per heavy atom. The third-order valence-corrected chi connectivity index (χ3v) is 5.04. The molecule has 0 bridgehead atoms. The molecular weight excluding hydrogens is 370 g/mol. The van der Waals surface area contributed by atoms with Crippen LogP contribution in [-0.2, 0) is 5.54 Å². The highest BCUT2D eigenvalue weighted by molar-refractivity contribution is 9.10. The van der Waals surface area contributed by atoms with Crippen molar-refractivity contribution in [2.24, 2.45) is 0 Å². The Labute approximate surface area is 149 Å². The number of carbonyl (C=O) groups is 2. The molecule has 1 aliphatic rings. The van der Waals surface area contributed by atoms with Crippen LogP contribution in [0.15, 0.2) is 59.1 Å². The van der Waals surface area contributed by atoms with Gasteiger partial charge in [0.25, 0.3) is 0 Å². The van der Waals surface area contributed by atoms with Gasteiger partial charge in [-0.05, 0) is 30.5 Å². The van der Waals surface area contributed by atoms with Gasteiger partial charge in [0.05, 0.1) is 5.54 Å². The Bertz CT molecular complexity index is 739. The molecule has 1 N–H and O–H groups in total. The Kier molecular flexibility index (Phi) is 4.71. The van der Waals surface area contributed by atoms with E-state index in [0.29, 0.717) is 5.56 Å². The molecule has 0 atom stereocenters. The summed E-state index contributed by atoms with van der Waals surface area (Å²) < 4.78 is 0.961. The minimum Gasteiger partial charge on any atom is -0.465 e. The van der Waals surface area contributed by atoms with E-state index in [1.807, 2.05) is 42.5 Å². The minimum atomic E-state index is -0.976. The number of Topliss-reactive ketones (excluding diaryl/α,β-unsaturated/α-hetero) is 1. The van der Waals surface area contributed by atoms with Gasteiger partial charge < -0.3 is 5.11 Å². The zero-order valence-electron chi connectivity index (χ0n) is 13.1.